The van der Waals surface area contributed by atoms with Crippen molar-refractivity contribution < 1.29 is 153 Å². The fourth-order valence-electron chi connectivity index (χ4n) is 9.55. The number of rotatable bonds is 34. The lowest BCUT2D eigenvalue weighted by molar-refractivity contribution is -0.216. The van der Waals surface area contributed by atoms with Crippen LogP contribution in [0.3, 0.4) is 0 Å². The molecule has 0 spiro atoms. The van der Waals surface area contributed by atoms with Crippen LogP contribution in [0.2, 0.25) is 0 Å². The number of nitrogens with one attached hydrogen (secondary N) is 3. The Balaban J connectivity index is -0.00000138. The highest BCUT2D eigenvalue weighted by Gasteiger charge is 2.53. The third-order valence-corrected chi connectivity index (χ3v) is 17.1. The fraction of sp³-hybridized carbons (Fsp3) is 0.632. The summed E-state index contributed by atoms with van der Waals surface area (Å²) < 4.78 is 217. The molecular formula is C76H110F15N5O18. The highest BCUT2D eigenvalue weighted by molar-refractivity contribution is 5.91. The lowest BCUT2D eigenvalue weighted by Gasteiger charge is -2.32. The fourth-order valence-corrected chi connectivity index (χ4v) is 9.55. The summed E-state index contributed by atoms with van der Waals surface area (Å²) in [6.45, 7) is 16.4. The highest BCUT2D eigenvalue weighted by Crippen LogP contribution is 2.45. The molecule has 10 N–H and O–H groups in total. The van der Waals surface area contributed by atoms with Gasteiger partial charge in [-0.2, -0.15) is 65.9 Å². The number of carboxylic acids is 3. The van der Waals surface area contributed by atoms with E-state index in [9.17, 15) is 114 Å². The third kappa shape index (κ3) is 41.9. The molecule has 38 heteroatoms. The molecule has 0 aromatic heterocycles. The summed E-state index contributed by atoms with van der Waals surface area (Å²) in [4.78, 5) is 117. The summed E-state index contributed by atoms with van der Waals surface area (Å²) in [6, 6.07) is 18.3. The number of nitrogens with two attached hydrogens (primary N) is 2. The number of alkyl carbamates (subject to hydrolysis) is 3. The Labute approximate surface area is 653 Å². The second-order valence-corrected chi connectivity index (χ2v) is 30.5. The SMILES string of the molecule is C.CC(C)(CC(N)C(=O)O)C(F)(F)F.CC(C)(C[C@@H](NC(=O)OCc1ccccc1)C(=O)O)C(F)(F)F.CC(C)(C[C@H](NC(=O)OCc1ccccc1)C(=O)O)C(F)(F)F.COC(=O)[C@@H](CC(=O)[C@@H](CC(C)(C)C(F)(F)F)NC(=O)OCc1ccccc1)CC(C)C.COC(=O)[C@@H](CC(=O)[C@H](N)CC(C)(C)C(F)(F)F)CC(C)C. The van der Waals surface area contributed by atoms with Crippen molar-refractivity contribution in [2.75, 3.05) is 14.2 Å². The number of aliphatic carboxylic acids is 3. The van der Waals surface area contributed by atoms with Crippen LogP contribution >= 0.6 is 0 Å². The second-order valence-electron chi connectivity index (χ2n) is 30.5. The number of methoxy groups -OCH3 is 2. The molecule has 3 amide bonds. The number of carboxylic acid groups (broad SMARTS) is 3. The zero-order valence-corrected chi connectivity index (χ0v) is 65.6. The number of ether oxygens (including phenoxy) is 5. The van der Waals surface area contributed by atoms with E-state index in [4.69, 9.17) is 45.7 Å². The Morgan fingerprint density at radius 3 is 0.816 bits per heavy atom. The van der Waals surface area contributed by atoms with Gasteiger partial charge in [-0.25, -0.2) is 24.0 Å². The first-order valence-electron chi connectivity index (χ1n) is 34.9. The number of Topliss-reactive ketones (excluding diaryl/α,β-unsaturated/α-hetero) is 2. The molecule has 0 radical (unpaired) electrons. The van der Waals surface area contributed by atoms with E-state index in [1.54, 1.807) is 91.0 Å². The minimum absolute atomic E-state index is 0. The molecule has 3 aromatic carbocycles. The van der Waals surface area contributed by atoms with E-state index in [1.807, 2.05) is 38.3 Å². The van der Waals surface area contributed by atoms with Crippen LogP contribution in [0, 0.1) is 50.7 Å². The summed E-state index contributed by atoms with van der Waals surface area (Å²) in [6.07, 6.45) is -29.0. The number of halogens is 15. The molecular weight excluding hydrogens is 1560 g/mol. The van der Waals surface area contributed by atoms with Crippen molar-refractivity contribution in [1.29, 1.82) is 0 Å². The normalized spacial score (nSPS) is 14.0. The molecule has 7 atom stereocenters. The van der Waals surface area contributed by atoms with Crippen molar-refractivity contribution in [3.8, 4) is 0 Å². The van der Waals surface area contributed by atoms with Crippen molar-refractivity contribution in [1.82, 2.24) is 16.0 Å². The molecule has 3 aromatic rings. The van der Waals surface area contributed by atoms with Gasteiger partial charge in [0, 0.05) is 12.8 Å². The van der Waals surface area contributed by atoms with E-state index in [-0.39, 0.29) is 51.9 Å². The molecule has 114 heavy (non-hydrogen) atoms. The number of esters is 2. The van der Waals surface area contributed by atoms with Gasteiger partial charge in [-0.3, -0.25) is 24.0 Å². The van der Waals surface area contributed by atoms with Crippen LogP contribution in [0.15, 0.2) is 91.0 Å². The molecule has 0 bridgehead atoms. The highest BCUT2D eigenvalue weighted by atomic mass is 19.4. The quantitative estimate of drug-likeness (QED) is 0.0156. The molecule has 652 valence electrons. The predicted molar refractivity (Wildman–Crippen MR) is 388 cm³/mol. The van der Waals surface area contributed by atoms with Gasteiger partial charge in [0.05, 0.1) is 65.2 Å². The summed E-state index contributed by atoms with van der Waals surface area (Å²) in [7, 11) is 2.40. The molecule has 0 heterocycles. The maximum absolute atomic E-state index is 13.5. The summed E-state index contributed by atoms with van der Waals surface area (Å²) in [5.41, 5.74) is 1.75. The topological polar surface area (TPSA) is 366 Å². The lowest BCUT2D eigenvalue weighted by Crippen LogP contribution is -2.47. The van der Waals surface area contributed by atoms with Gasteiger partial charge in [0.15, 0.2) is 5.78 Å². The molecule has 1 unspecified atom stereocenters. The zero-order valence-electron chi connectivity index (χ0n) is 65.6. The van der Waals surface area contributed by atoms with Crippen molar-refractivity contribution in [2.24, 2.45) is 62.2 Å². The largest absolute Gasteiger partial charge is 0.480 e. The van der Waals surface area contributed by atoms with Crippen LogP contribution in [0.1, 0.15) is 179 Å². The molecule has 0 aliphatic heterocycles. The number of carbonyl (C=O) groups is 10. The molecule has 23 nitrogen and oxygen atoms in total. The van der Waals surface area contributed by atoms with Gasteiger partial charge < -0.3 is 66.4 Å². The van der Waals surface area contributed by atoms with E-state index >= 15 is 0 Å². The Bertz CT molecular complexity index is 3350. The Hall–Kier alpha value is -8.97. The smallest absolute Gasteiger partial charge is 0.408 e. The van der Waals surface area contributed by atoms with Crippen molar-refractivity contribution in [3.63, 3.8) is 0 Å². The summed E-state index contributed by atoms with van der Waals surface area (Å²) in [5, 5.41) is 32.5. The van der Waals surface area contributed by atoms with Crippen LogP contribution < -0.4 is 27.4 Å². The van der Waals surface area contributed by atoms with Crippen molar-refractivity contribution in [2.45, 2.75) is 243 Å². The van der Waals surface area contributed by atoms with E-state index in [2.05, 4.69) is 10.1 Å². The van der Waals surface area contributed by atoms with Crippen molar-refractivity contribution >= 4 is 59.7 Å². The first kappa shape index (κ1) is 109. The second kappa shape index (κ2) is 47.8. The number of hydrogen-bond acceptors (Lipinski definition) is 17. The number of benzene rings is 3. The average molecular weight is 1670 g/mol. The number of alkyl halides is 15. The first-order chi connectivity index (χ1) is 51.2. The zero-order chi connectivity index (χ0) is 88.5. The minimum atomic E-state index is -4.60. The summed E-state index contributed by atoms with van der Waals surface area (Å²) >= 11 is 0. The van der Waals surface area contributed by atoms with Crippen LogP contribution in [0.4, 0.5) is 80.2 Å². The molecule has 0 aliphatic carbocycles. The average Bonchev–Trinajstić information content (AvgIpc) is 0.838. The van der Waals surface area contributed by atoms with Gasteiger partial charge in [0.1, 0.15) is 43.7 Å². The van der Waals surface area contributed by atoms with Gasteiger partial charge in [0.2, 0.25) is 0 Å². The van der Waals surface area contributed by atoms with Gasteiger partial charge in [-0.1, -0.05) is 195 Å². The van der Waals surface area contributed by atoms with Gasteiger partial charge in [-0.05, 0) is 73.5 Å². The number of carbonyl (C=O) groups excluding carboxylic acids is 7. The molecule has 0 aliphatic rings. The third-order valence-electron chi connectivity index (χ3n) is 17.1. The predicted octanol–water partition coefficient (Wildman–Crippen LogP) is 16.8. The number of ketones is 2. The van der Waals surface area contributed by atoms with Crippen LogP contribution in [-0.4, -0.2) is 150 Å². The standard InChI is InChI=1S/C23H32F3NO5.2C15H18F3NO4.C15H26F3NO3.C7H12F3NO2.CH4/c1-15(2)11-17(20(29)31-5)12-19(28)18(13-22(3,4)23(24,25)26)27-21(30)32-14-16-9-7-6-8-10-16;2*1-14(2,15(16,17)18)8-11(12(20)21)19-13(22)23-9-10-6-4-3-5-7-10;1-9(2)6-10(13(21)22-5)7-12(20)11(19)8-14(3,4)15(16,17)18;1-6(2,7(8,9)10)3-4(11)5(12)13;/h6-10,15,17-18H,11-14H2,1-5H3,(H,27,30);2*3-7,11H,8-9H2,1-2H3,(H,19,22)(H,20,21);9-11H,6-8,19H2,1-5H3;4H,3,11H2,1-2H3,(H,12,13);1H4/t17-,18-;2*11-;10-,11-;;/m1101../s1. The van der Waals surface area contributed by atoms with Crippen molar-refractivity contribution in [3.05, 3.63) is 108 Å². The minimum Gasteiger partial charge on any atom is -0.480 e. The Morgan fingerprint density at radius 2 is 0.588 bits per heavy atom. The van der Waals surface area contributed by atoms with Gasteiger partial charge >= 0.3 is 79.0 Å². The van der Waals surface area contributed by atoms with Gasteiger partial charge in [-0.15, -0.1) is 0 Å². The number of amides is 3. The monoisotopic (exact) mass is 1670 g/mol. The maximum atomic E-state index is 13.5. The summed E-state index contributed by atoms with van der Waals surface area (Å²) in [5.74, 6) is -8.19. The van der Waals surface area contributed by atoms with E-state index in [0.29, 0.717) is 29.5 Å². The van der Waals surface area contributed by atoms with Gasteiger partial charge in [0.25, 0.3) is 0 Å². The number of hydrogen-bond donors (Lipinski definition) is 8. The molecule has 0 fully saturated rings. The van der Waals surface area contributed by atoms with Crippen LogP contribution in [0.25, 0.3) is 0 Å². The molecule has 3 rings (SSSR count). The Morgan fingerprint density at radius 1 is 0.360 bits per heavy atom. The molecule has 0 saturated carbocycles. The lowest BCUT2D eigenvalue weighted by atomic mass is 9.81. The first-order valence-corrected chi connectivity index (χ1v) is 34.9. The van der Waals surface area contributed by atoms with E-state index in [1.165, 1.54) is 14.2 Å². The maximum Gasteiger partial charge on any atom is 0.408 e. The van der Waals surface area contributed by atoms with E-state index < -0.39 is 192 Å². The molecule has 0 saturated heterocycles. The van der Waals surface area contributed by atoms with E-state index in [0.717, 1.165) is 69.2 Å². The van der Waals surface area contributed by atoms with Crippen LogP contribution in [-0.2, 0) is 77.1 Å². The Kier molecular flexibility index (Phi) is 45.8. The van der Waals surface area contributed by atoms with Crippen LogP contribution in [0.5, 0.6) is 0 Å².